The van der Waals surface area contributed by atoms with Crippen molar-refractivity contribution in [1.82, 2.24) is 9.80 Å². The lowest BCUT2D eigenvalue weighted by molar-refractivity contribution is 0.0963. The van der Waals surface area contributed by atoms with Crippen molar-refractivity contribution in [2.24, 2.45) is 5.92 Å². The maximum absolute atomic E-state index is 2.96. The summed E-state index contributed by atoms with van der Waals surface area (Å²) >= 11 is 0. The summed E-state index contributed by atoms with van der Waals surface area (Å²) in [4.78, 5) is 5.60. The molecule has 0 aromatic carbocycles. The summed E-state index contributed by atoms with van der Waals surface area (Å²) in [6.07, 6.45) is 20.6. The second kappa shape index (κ2) is 9.42. The van der Waals surface area contributed by atoms with E-state index in [0.717, 1.165) is 18.0 Å². The van der Waals surface area contributed by atoms with Crippen LogP contribution < -0.4 is 0 Å². The van der Waals surface area contributed by atoms with Crippen LogP contribution in [0.1, 0.15) is 89.9 Å². The highest BCUT2D eigenvalue weighted by Crippen LogP contribution is 2.29. The minimum absolute atomic E-state index is 0.862. The van der Waals surface area contributed by atoms with E-state index in [1.54, 1.807) is 0 Å². The van der Waals surface area contributed by atoms with Crippen LogP contribution in [0.4, 0.5) is 0 Å². The zero-order valence-corrected chi connectivity index (χ0v) is 15.6. The summed E-state index contributed by atoms with van der Waals surface area (Å²) in [5.74, 6) is 1.01. The first kappa shape index (κ1) is 17.7. The third-order valence-corrected chi connectivity index (χ3v) is 6.98. The SMILES string of the molecule is CN1CCCCC1CCN(CC1CCCCC1)C1CCCCC1. The number of piperidine rings is 1. The van der Waals surface area contributed by atoms with Gasteiger partial charge in [0.15, 0.2) is 0 Å². The van der Waals surface area contributed by atoms with Crippen LogP contribution in [-0.2, 0) is 0 Å². The number of nitrogens with zero attached hydrogens (tertiary/aromatic N) is 2. The van der Waals surface area contributed by atoms with E-state index in [4.69, 9.17) is 0 Å². The number of likely N-dealkylation sites (tertiary alicyclic amines) is 1. The molecule has 1 saturated heterocycles. The minimum Gasteiger partial charge on any atom is -0.303 e. The second-order valence-electron chi connectivity index (χ2n) is 8.71. The van der Waals surface area contributed by atoms with Crippen LogP contribution in [0.3, 0.4) is 0 Å². The van der Waals surface area contributed by atoms with Gasteiger partial charge in [0.1, 0.15) is 0 Å². The lowest BCUT2D eigenvalue weighted by Gasteiger charge is -2.40. The number of hydrogen-bond donors (Lipinski definition) is 0. The van der Waals surface area contributed by atoms with Gasteiger partial charge in [0.25, 0.3) is 0 Å². The monoisotopic (exact) mass is 320 g/mol. The molecule has 1 aliphatic heterocycles. The van der Waals surface area contributed by atoms with E-state index in [0.29, 0.717) is 0 Å². The van der Waals surface area contributed by atoms with E-state index in [1.807, 2.05) is 0 Å². The third-order valence-electron chi connectivity index (χ3n) is 6.98. The van der Waals surface area contributed by atoms with Crippen LogP contribution >= 0.6 is 0 Å². The van der Waals surface area contributed by atoms with Gasteiger partial charge in [0.2, 0.25) is 0 Å². The molecule has 3 rings (SSSR count). The van der Waals surface area contributed by atoms with Gasteiger partial charge in [-0.25, -0.2) is 0 Å². The van der Waals surface area contributed by atoms with Crippen LogP contribution in [0.5, 0.6) is 0 Å². The van der Waals surface area contributed by atoms with Gasteiger partial charge in [-0.1, -0.05) is 44.9 Å². The van der Waals surface area contributed by atoms with Crippen molar-refractivity contribution in [2.75, 3.05) is 26.7 Å². The first-order valence-corrected chi connectivity index (χ1v) is 10.8. The molecule has 0 amide bonds. The molecule has 1 heterocycles. The number of rotatable bonds is 6. The van der Waals surface area contributed by atoms with Crippen LogP contribution in [0.2, 0.25) is 0 Å². The average Bonchev–Trinajstić information content (AvgIpc) is 2.61. The van der Waals surface area contributed by atoms with Crippen LogP contribution in [0.15, 0.2) is 0 Å². The van der Waals surface area contributed by atoms with Gasteiger partial charge in [-0.2, -0.15) is 0 Å². The molecular weight excluding hydrogens is 280 g/mol. The molecule has 2 nitrogen and oxygen atoms in total. The van der Waals surface area contributed by atoms with Gasteiger partial charge in [-0.15, -0.1) is 0 Å². The first-order valence-electron chi connectivity index (χ1n) is 10.8. The van der Waals surface area contributed by atoms with Crippen LogP contribution in [-0.4, -0.2) is 48.6 Å². The Kier molecular flexibility index (Phi) is 7.26. The Morgan fingerprint density at radius 1 is 0.783 bits per heavy atom. The van der Waals surface area contributed by atoms with Crippen molar-refractivity contribution < 1.29 is 0 Å². The smallest absolute Gasteiger partial charge is 0.0104 e. The van der Waals surface area contributed by atoms with E-state index in [1.165, 1.54) is 110 Å². The van der Waals surface area contributed by atoms with Crippen molar-refractivity contribution >= 4 is 0 Å². The molecule has 2 aliphatic carbocycles. The molecule has 0 spiro atoms. The zero-order valence-electron chi connectivity index (χ0n) is 15.6. The Balaban J connectivity index is 1.52. The van der Waals surface area contributed by atoms with E-state index in [9.17, 15) is 0 Å². The Morgan fingerprint density at radius 2 is 1.43 bits per heavy atom. The van der Waals surface area contributed by atoms with Gasteiger partial charge in [-0.3, -0.25) is 0 Å². The van der Waals surface area contributed by atoms with Gasteiger partial charge in [-0.05, 0) is 71.0 Å². The van der Waals surface area contributed by atoms with E-state index < -0.39 is 0 Å². The van der Waals surface area contributed by atoms with E-state index in [-0.39, 0.29) is 0 Å². The molecule has 1 atom stereocenters. The molecular formula is C21H40N2. The normalized spacial score (nSPS) is 29.2. The Bertz CT molecular complexity index is 318. The molecule has 23 heavy (non-hydrogen) atoms. The Hall–Kier alpha value is -0.0800. The van der Waals surface area contributed by atoms with Crippen molar-refractivity contribution in [3.63, 3.8) is 0 Å². The standard InChI is InChI=1S/C21H40N2/c1-22-16-9-8-12-20(22)15-17-23(21-13-6-3-7-14-21)18-19-10-4-2-5-11-19/h19-21H,2-18H2,1H3. The predicted octanol–water partition coefficient (Wildman–Crippen LogP) is 5.08. The topological polar surface area (TPSA) is 6.48 Å². The Labute approximate surface area is 145 Å². The van der Waals surface area contributed by atoms with Crippen molar-refractivity contribution in [3.8, 4) is 0 Å². The van der Waals surface area contributed by atoms with Crippen molar-refractivity contribution in [1.29, 1.82) is 0 Å². The van der Waals surface area contributed by atoms with Gasteiger partial charge in [0.05, 0.1) is 0 Å². The third kappa shape index (κ3) is 5.46. The summed E-state index contributed by atoms with van der Waals surface area (Å²) in [5, 5.41) is 0. The van der Waals surface area contributed by atoms with Crippen LogP contribution in [0.25, 0.3) is 0 Å². The summed E-state index contributed by atoms with van der Waals surface area (Å²) in [6, 6.07) is 1.78. The zero-order chi connectivity index (χ0) is 15.9. The maximum atomic E-state index is 2.96. The van der Waals surface area contributed by atoms with Gasteiger partial charge < -0.3 is 9.80 Å². The predicted molar refractivity (Wildman–Crippen MR) is 99.9 cm³/mol. The Morgan fingerprint density at radius 3 is 2.13 bits per heavy atom. The largest absolute Gasteiger partial charge is 0.303 e. The average molecular weight is 321 g/mol. The summed E-state index contributed by atoms with van der Waals surface area (Å²) in [6.45, 7) is 4.12. The van der Waals surface area contributed by atoms with Crippen molar-refractivity contribution in [3.05, 3.63) is 0 Å². The van der Waals surface area contributed by atoms with Crippen LogP contribution in [0, 0.1) is 5.92 Å². The molecule has 0 aromatic heterocycles. The fourth-order valence-corrected chi connectivity index (χ4v) is 5.39. The van der Waals surface area contributed by atoms with E-state index >= 15 is 0 Å². The highest BCUT2D eigenvalue weighted by atomic mass is 15.2. The lowest BCUT2D eigenvalue weighted by atomic mass is 9.87. The number of hydrogen-bond acceptors (Lipinski definition) is 2. The molecule has 0 radical (unpaired) electrons. The summed E-state index contributed by atoms with van der Waals surface area (Å²) < 4.78 is 0. The first-order chi connectivity index (χ1) is 11.3. The molecule has 0 N–H and O–H groups in total. The molecule has 2 heteroatoms. The highest BCUT2D eigenvalue weighted by Gasteiger charge is 2.26. The fourth-order valence-electron chi connectivity index (χ4n) is 5.39. The minimum atomic E-state index is 0.862. The molecule has 3 fully saturated rings. The molecule has 2 saturated carbocycles. The molecule has 134 valence electrons. The molecule has 0 bridgehead atoms. The van der Waals surface area contributed by atoms with Gasteiger partial charge >= 0.3 is 0 Å². The quantitative estimate of drug-likeness (QED) is 0.673. The second-order valence-corrected chi connectivity index (χ2v) is 8.71. The fraction of sp³-hybridized carbons (Fsp3) is 1.00. The van der Waals surface area contributed by atoms with E-state index in [2.05, 4.69) is 16.8 Å². The van der Waals surface area contributed by atoms with Gasteiger partial charge in [0, 0.05) is 18.6 Å². The highest BCUT2D eigenvalue weighted by molar-refractivity contribution is 4.82. The summed E-state index contributed by atoms with van der Waals surface area (Å²) in [5.41, 5.74) is 0. The maximum Gasteiger partial charge on any atom is 0.0104 e. The summed E-state index contributed by atoms with van der Waals surface area (Å²) in [7, 11) is 2.36. The lowest BCUT2D eigenvalue weighted by Crippen LogP contribution is -2.44. The molecule has 3 aliphatic rings. The van der Waals surface area contributed by atoms with Crippen molar-refractivity contribution in [2.45, 2.75) is 102 Å². The molecule has 0 aromatic rings. The molecule has 1 unspecified atom stereocenters.